The maximum atomic E-state index is 6.97. The van der Waals surface area contributed by atoms with E-state index in [4.69, 9.17) is 23.7 Å². The molecule has 0 bridgehead atoms. The Morgan fingerprint density at radius 2 is 1.79 bits per heavy atom. The predicted molar refractivity (Wildman–Crippen MR) is 153 cm³/mol. The molecular weight excluding hydrogens is 488 g/mol. The van der Waals surface area contributed by atoms with Crippen LogP contribution in [0.15, 0.2) is 11.6 Å². The summed E-state index contributed by atoms with van der Waals surface area (Å²) in [6.45, 7) is 13.2. The lowest BCUT2D eigenvalue weighted by atomic mass is 9.47. The van der Waals surface area contributed by atoms with Crippen molar-refractivity contribution in [2.45, 2.75) is 110 Å². The summed E-state index contributed by atoms with van der Waals surface area (Å²) in [5, 5.41) is 0. The van der Waals surface area contributed by atoms with Crippen LogP contribution in [0.25, 0.3) is 0 Å². The Hall–Kier alpha value is -0.460. The average Bonchev–Trinajstić information content (AvgIpc) is 3.36. The van der Waals surface area contributed by atoms with Gasteiger partial charge in [-0.05, 0) is 98.2 Å². The highest BCUT2D eigenvalue weighted by molar-refractivity contribution is 5.26. The van der Waals surface area contributed by atoms with Crippen LogP contribution in [-0.4, -0.2) is 58.6 Å². The number of hydrogen-bond donors (Lipinski definition) is 0. The molecule has 0 radical (unpaired) electrons. The number of methoxy groups -OCH3 is 2. The van der Waals surface area contributed by atoms with Crippen molar-refractivity contribution in [1.29, 1.82) is 0 Å². The van der Waals surface area contributed by atoms with Gasteiger partial charge < -0.3 is 23.7 Å². The smallest absolute Gasteiger partial charge is 0.171 e. The first kappa shape index (κ1) is 28.6. The Labute approximate surface area is 238 Å². The summed E-state index contributed by atoms with van der Waals surface area (Å²) in [5.74, 6) is 4.35. The van der Waals surface area contributed by atoms with Gasteiger partial charge in [-0.2, -0.15) is 0 Å². The van der Waals surface area contributed by atoms with Crippen molar-refractivity contribution in [2.75, 3.05) is 40.6 Å². The van der Waals surface area contributed by atoms with Gasteiger partial charge in [0.2, 0.25) is 0 Å². The lowest BCUT2D eigenvalue weighted by Crippen LogP contribution is -2.52. The third-order valence-corrected chi connectivity index (χ3v) is 13.0. The van der Waals surface area contributed by atoms with Crippen LogP contribution >= 0.6 is 0 Å². The van der Waals surface area contributed by atoms with Gasteiger partial charge in [-0.25, -0.2) is 0 Å². The van der Waals surface area contributed by atoms with Crippen LogP contribution in [0.3, 0.4) is 0 Å². The highest BCUT2D eigenvalue weighted by Gasteiger charge is 2.68. The standard InChI is InChI=1S/C34H56O5/c1-22-9-15-34(38-19-22)23(2)31-30(39-34)18-29-27-8-7-25-17-26(37-16-12-24(20-35-5)21-36-6)10-13-32(25,3)28(27)11-14-33(29,31)4/h7,22-24,26-31H,8-21H2,1-6H3/t22-,23+,26+,27-,28+,29+,30+,31+,32+,33+,34-/m1/s1. The largest absolute Gasteiger partial charge is 0.384 e. The van der Waals surface area contributed by atoms with Crippen molar-refractivity contribution in [3.63, 3.8) is 0 Å². The zero-order valence-corrected chi connectivity index (χ0v) is 25.7. The van der Waals surface area contributed by atoms with E-state index in [9.17, 15) is 0 Å². The molecule has 6 aliphatic rings. The molecule has 5 nitrogen and oxygen atoms in total. The van der Waals surface area contributed by atoms with Gasteiger partial charge in [0.05, 0.1) is 32.0 Å². The number of fused-ring (bicyclic) bond motifs is 7. The summed E-state index contributed by atoms with van der Waals surface area (Å²) in [6.07, 6.45) is 15.6. The molecule has 0 aromatic heterocycles. The summed E-state index contributed by atoms with van der Waals surface area (Å²) in [6, 6.07) is 0. The number of hydrogen-bond acceptors (Lipinski definition) is 5. The van der Waals surface area contributed by atoms with Gasteiger partial charge in [-0.1, -0.05) is 39.3 Å². The van der Waals surface area contributed by atoms with Gasteiger partial charge in [0.25, 0.3) is 0 Å². The second kappa shape index (κ2) is 11.0. The molecule has 0 unspecified atom stereocenters. The molecule has 0 aromatic rings. The zero-order chi connectivity index (χ0) is 27.4. The molecule has 0 amide bonds. The number of rotatable bonds is 8. The second-order valence-corrected chi connectivity index (χ2v) is 15.1. The van der Waals surface area contributed by atoms with Gasteiger partial charge >= 0.3 is 0 Å². The molecule has 5 heteroatoms. The van der Waals surface area contributed by atoms with Crippen molar-refractivity contribution in [3.05, 3.63) is 11.6 Å². The molecule has 2 aliphatic heterocycles. The summed E-state index contributed by atoms with van der Waals surface area (Å²) in [7, 11) is 3.55. The molecule has 3 saturated carbocycles. The quantitative estimate of drug-likeness (QED) is 0.307. The van der Waals surface area contributed by atoms with Crippen LogP contribution in [0.1, 0.15) is 91.9 Å². The Kier molecular flexibility index (Phi) is 8.07. The predicted octanol–water partition coefficient (Wildman–Crippen LogP) is 7.04. The van der Waals surface area contributed by atoms with Crippen LogP contribution in [0.4, 0.5) is 0 Å². The Bertz CT molecular complexity index is 888. The van der Waals surface area contributed by atoms with Crippen LogP contribution < -0.4 is 0 Å². The van der Waals surface area contributed by atoms with Crippen LogP contribution in [0.2, 0.25) is 0 Å². The van der Waals surface area contributed by atoms with Gasteiger partial charge in [0, 0.05) is 39.1 Å². The van der Waals surface area contributed by atoms with Crippen molar-refractivity contribution >= 4 is 0 Å². The minimum Gasteiger partial charge on any atom is -0.384 e. The Morgan fingerprint density at radius 1 is 1.00 bits per heavy atom. The van der Waals surface area contributed by atoms with E-state index in [1.807, 2.05) is 0 Å². The van der Waals surface area contributed by atoms with Crippen molar-refractivity contribution in [1.82, 2.24) is 0 Å². The molecule has 6 rings (SSSR count). The van der Waals surface area contributed by atoms with Gasteiger partial charge in [-0.3, -0.25) is 0 Å². The Morgan fingerprint density at radius 3 is 2.51 bits per heavy atom. The van der Waals surface area contributed by atoms with Crippen LogP contribution in [0, 0.1) is 52.3 Å². The van der Waals surface area contributed by atoms with E-state index in [0.717, 1.165) is 63.4 Å². The summed E-state index contributed by atoms with van der Waals surface area (Å²) < 4.78 is 30.7. The van der Waals surface area contributed by atoms with E-state index in [1.165, 1.54) is 44.9 Å². The fourth-order valence-corrected chi connectivity index (χ4v) is 10.9. The van der Waals surface area contributed by atoms with Crippen molar-refractivity contribution in [2.24, 2.45) is 52.3 Å². The topological polar surface area (TPSA) is 46.2 Å². The normalized spacial score (nSPS) is 48.9. The van der Waals surface area contributed by atoms with E-state index in [1.54, 1.807) is 19.8 Å². The molecule has 4 aliphatic carbocycles. The molecule has 2 saturated heterocycles. The van der Waals surface area contributed by atoms with Crippen LogP contribution in [-0.2, 0) is 23.7 Å². The fraction of sp³-hybridized carbons (Fsp3) is 0.941. The molecule has 2 heterocycles. The van der Waals surface area contributed by atoms with Crippen LogP contribution in [0.5, 0.6) is 0 Å². The first-order valence-electron chi connectivity index (χ1n) is 16.3. The number of ether oxygens (including phenoxy) is 5. The molecule has 1 spiro atoms. The highest BCUT2D eigenvalue weighted by atomic mass is 16.7. The summed E-state index contributed by atoms with van der Waals surface area (Å²) in [5.41, 5.74) is 2.46. The third-order valence-electron chi connectivity index (χ3n) is 13.0. The minimum absolute atomic E-state index is 0.302. The van der Waals surface area contributed by atoms with E-state index in [-0.39, 0.29) is 5.79 Å². The Balaban J connectivity index is 1.11. The van der Waals surface area contributed by atoms with Crippen molar-refractivity contribution in [3.8, 4) is 0 Å². The second-order valence-electron chi connectivity index (χ2n) is 15.1. The first-order chi connectivity index (χ1) is 18.7. The molecule has 11 atom stereocenters. The molecule has 5 fully saturated rings. The van der Waals surface area contributed by atoms with E-state index in [2.05, 4.69) is 33.8 Å². The minimum atomic E-state index is -0.302. The van der Waals surface area contributed by atoms with E-state index < -0.39 is 0 Å². The van der Waals surface area contributed by atoms with Gasteiger partial charge in [0.1, 0.15) is 0 Å². The fourth-order valence-electron chi connectivity index (χ4n) is 10.9. The average molecular weight is 545 g/mol. The molecule has 39 heavy (non-hydrogen) atoms. The SMILES string of the molecule is COCC(CCO[C@H]1CC[C@@]2(C)C(=CC[C@H]3[C@@H]4C[C@@H]5O[C@]6(CC[C@@H](C)CO6)[C@@H](C)[C@@H]5[C@@]4(C)CC[C@@H]32)C1)COC. The molecule has 0 aromatic carbocycles. The maximum absolute atomic E-state index is 6.97. The van der Waals surface area contributed by atoms with E-state index in [0.29, 0.717) is 46.7 Å². The molecule has 222 valence electrons. The zero-order valence-electron chi connectivity index (χ0n) is 25.7. The summed E-state index contributed by atoms with van der Waals surface area (Å²) in [4.78, 5) is 0. The number of allylic oxidation sites excluding steroid dienone is 1. The third kappa shape index (κ3) is 4.79. The summed E-state index contributed by atoms with van der Waals surface area (Å²) >= 11 is 0. The van der Waals surface area contributed by atoms with Gasteiger partial charge in [-0.15, -0.1) is 0 Å². The monoisotopic (exact) mass is 544 g/mol. The molecule has 0 N–H and O–H groups in total. The van der Waals surface area contributed by atoms with E-state index >= 15 is 0 Å². The van der Waals surface area contributed by atoms with Crippen molar-refractivity contribution < 1.29 is 23.7 Å². The lowest BCUT2D eigenvalue weighted by molar-refractivity contribution is -0.272. The maximum Gasteiger partial charge on any atom is 0.171 e. The lowest BCUT2D eigenvalue weighted by Gasteiger charge is -2.58. The van der Waals surface area contributed by atoms with Gasteiger partial charge in [0.15, 0.2) is 5.79 Å². The highest BCUT2D eigenvalue weighted by Crippen LogP contribution is 2.70. The first-order valence-corrected chi connectivity index (χ1v) is 16.3. The molecular formula is C34H56O5.